The highest BCUT2D eigenvalue weighted by Gasteiger charge is 2.42. The second-order valence-electron chi connectivity index (χ2n) is 6.66. The first-order chi connectivity index (χ1) is 9.74. The van der Waals surface area contributed by atoms with Crippen molar-refractivity contribution in [1.82, 2.24) is 15.5 Å². The van der Waals surface area contributed by atoms with Gasteiger partial charge >= 0.3 is 0 Å². The van der Waals surface area contributed by atoms with Gasteiger partial charge < -0.3 is 15.7 Å². The first-order valence-corrected chi connectivity index (χ1v) is 8.13. The summed E-state index contributed by atoms with van der Waals surface area (Å²) in [6.07, 6.45) is 7.35. The molecule has 0 bridgehead atoms. The lowest BCUT2D eigenvalue weighted by Crippen LogP contribution is -2.60. The molecule has 114 valence electrons. The molecule has 3 aliphatic rings. The zero-order valence-corrected chi connectivity index (χ0v) is 12.2. The molecule has 0 aromatic heterocycles. The van der Waals surface area contributed by atoms with E-state index in [0.29, 0.717) is 6.04 Å². The Balaban J connectivity index is 1.61. The van der Waals surface area contributed by atoms with Gasteiger partial charge in [-0.05, 0) is 64.6 Å². The molecular weight excluding hydrogens is 254 g/mol. The van der Waals surface area contributed by atoms with Crippen molar-refractivity contribution in [2.45, 2.75) is 62.6 Å². The fourth-order valence-corrected chi connectivity index (χ4v) is 3.92. The highest BCUT2D eigenvalue weighted by atomic mass is 16.3. The van der Waals surface area contributed by atoms with Crippen LogP contribution in [0.3, 0.4) is 0 Å². The number of rotatable bonds is 4. The topological polar surface area (TPSA) is 64.6 Å². The summed E-state index contributed by atoms with van der Waals surface area (Å²) in [4.78, 5) is 15.0. The van der Waals surface area contributed by atoms with Gasteiger partial charge in [0, 0.05) is 6.04 Å². The van der Waals surface area contributed by atoms with Crippen molar-refractivity contribution < 1.29 is 9.90 Å². The fraction of sp³-hybridized carbons (Fsp3) is 0.933. The number of hydrogen-bond donors (Lipinski definition) is 3. The van der Waals surface area contributed by atoms with Crippen molar-refractivity contribution >= 4 is 5.91 Å². The predicted octanol–water partition coefficient (Wildman–Crippen LogP) is 0.234. The minimum atomic E-state index is -0.306. The molecule has 1 saturated carbocycles. The molecule has 1 atom stereocenters. The van der Waals surface area contributed by atoms with Crippen molar-refractivity contribution in [3.63, 3.8) is 0 Å². The molecule has 3 N–H and O–H groups in total. The van der Waals surface area contributed by atoms with Crippen LogP contribution in [-0.4, -0.2) is 59.8 Å². The molecular formula is C15H27N3O2. The summed E-state index contributed by atoms with van der Waals surface area (Å²) in [6, 6.07) is 0.586. The third-order valence-corrected chi connectivity index (χ3v) is 5.38. The molecule has 2 aliphatic heterocycles. The number of aliphatic hydroxyl groups excluding tert-OH is 1. The number of piperidine rings is 1. The SMILES string of the molecule is O=C(NC1(CO)CCC1)C1CCCN1C1CCNCC1. The minimum Gasteiger partial charge on any atom is -0.394 e. The first kappa shape index (κ1) is 14.3. The van der Waals surface area contributed by atoms with Crippen LogP contribution in [0.1, 0.15) is 44.9 Å². The van der Waals surface area contributed by atoms with Gasteiger partial charge in [-0.15, -0.1) is 0 Å². The van der Waals surface area contributed by atoms with E-state index >= 15 is 0 Å². The van der Waals surface area contributed by atoms with E-state index in [-0.39, 0.29) is 24.1 Å². The molecule has 20 heavy (non-hydrogen) atoms. The molecule has 0 aromatic rings. The first-order valence-electron chi connectivity index (χ1n) is 8.13. The van der Waals surface area contributed by atoms with Crippen LogP contribution in [0.5, 0.6) is 0 Å². The second kappa shape index (κ2) is 6.00. The number of amides is 1. The van der Waals surface area contributed by atoms with Crippen LogP contribution < -0.4 is 10.6 Å². The number of nitrogens with zero attached hydrogens (tertiary/aromatic N) is 1. The van der Waals surface area contributed by atoms with E-state index < -0.39 is 0 Å². The Morgan fingerprint density at radius 2 is 2.00 bits per heavy atom. The molecule has 5 nitrogen and oxygen atoms in total. The maximum atomic E-state index is 12.6. The second-order valence-corrected chi connectivity index (χ2v) is 6.66. The highest BCUT2D eigenvalue weighted by Crippen LogP contribution is 2.32. The molecule has 2 heterocycles. The van der Waals surface area contributed by atoms with Crippen LogP contribution >= 0.6 is 0 Å². The van der Waals surface area contributed by atoms with Gasteiger partial charge in [0.2, 0.25) is 5.91 Å². The van der Waals surface area contributed by atoms with E-state index in [1.807, 2.05) is 0 Å². The molecule has 1 aliphatic carbocycles. The fourth-order valence-electron chi connectivity index (χ4n) is 3.92. The van der Waals surface area contributed by atoms with Gasteiger partial charge in [0.15, 0.2) is 0 Å². The number of nitrogens with one attached hydrogen (secondary N) is 2. The molecule has 3 fully saturated rings. The largest absolute Gasteiger partial charge is 0.394 e. The summed E-state index contributed by atoms with van der Waals surface area (Å²) in [5.74, 6) is 0.148. The van der Waals surface area contributed by atoms with Crippen molar-refractivity contribution in [2.75, 3.05) is 26.2 Å². The lowest BCUT2D eigenvalue weighted by atomic mass is 9.77. The van der Waals surface area contributed by atoms with E-state index in [9.17, 15) is 9.90 Å². The summed E-state index contributed by atoms with van der Waals surface area (Å²) >= 11 is 0. The number of aliphatic hydroxyl groups is 1. The lowest BCUT2D eigenvalue weighted by molar-refractivity contribution is -0.130. The summed E-state index contributed by atoms with van der Waals surface area (Å²) < 4.78 is 0. The van der Waals surface area contributed by atoms with Gasteiger partial charge in [-0.2, -0.15) is 0 Å². The van der Waals surface area contributed by atoms with E-state index in [4.69, 9.17) is 0 Å². The van der Waals surface area contributed by atoms with Crippen LogP contribution in [0.25, 0.3) is 0 Å². The Labute approximate surface area is 121 Å². The number of carbonyl (C=O) groups is 1. The van der Waals surface area contributed by atoms with Crippen LogP contribution in [0.15, 0.2) is 0 Å². The smallest absolute Gasteiger partial charge is 0.237 e. The van der Waals surface area contributed by atoms with E-state index in [2.05, 4.69) is 15.5 Å². The van der Waals surface area contributed by atoms with E-state index in [1.54, 1.807) is 0 Å². The predicted molar refractivity (Wildman–Crippen MR) is 77.4 cm³/mol. The number of carbonyl (C=O) groups excluding carboxylic acids is 1. The molecule has 0 spiro atoms. The third kappa shape index (κ3) is 2.71. The Morgan fingerprint density at radius 1 is 1.25 bits per heavy atom. The average Bonchev–Trinajstić information content (AvgIpc) is 2.93. The van der Waals surface area contributed by atoms with Gasteiger partial charge in [-0.25, -0.2) is 0 Å². The maximum absolute atomic E-state index is 12.6. The van der Waals surface area contributed by atoms with Crippen molar-refractivity contribution in [3.8, 4) is 0 Å². The Bertz CT molecular complexity index is 346. The summed E-state index contributed by atoms with van der Waals surface area (Å²) in [6.45, 7) is 3.26. The average molecular weight is 281 g/mol. The van der Waals surface area contributed by atoms with Crippen LogP contribution in [-0.2, 0) is 4.79 Å². The van der Waals surface area contributed by atoms with Crippen molar-refractivity contribution in [2.24, 2.45) is 0 Å². The molecule has 5 heteroatoms. The van der Waals surface area contributed by atoms with Gasteiger partial charge in [-0.1, -0.05) is 0 Å². The van der Waals surface area contributed by atoms with Crippen molar-refractivity contribution in [1.29, 1.82) is 0 Å². The van der Waals surface area contributed by atoms with Gasteiger partial charge in [0.05, 0.1) is 18.2 Å². The number of hydrogen-bond acceptors (Lipinski definition) is 4. The molecule has 1 unspecified atom stereocenters. The monoisotopic (exact) mass is 281 g/mol. The lowest BCUT2D eigenvalue weighted by Gasteiger charge is -2.43. The molecule has 3 rings (SSSR count). The maximum Gasteiger partial charge on any atom is 0.237 e. The van der Waals surface area contributed by atoms with Crippen molar-refractivity contribution in [3.05, 3.63) is 0 Å². The summed E-state index contributed by atoms with van der Waals surface area (Å²) in [5, 5.41) is 16.0. The molecule has 0 aromatic carbocycles. The Hall–Kier alpha value is -0.650. The zero-order valence-electron chi connectivity index (χ0n) is 12.2. The summed E-state index contributed by atoms with van der Waals surface area (Å²) in [7, 11) is 0. The molecule has 2 saturated heterocycles. The molecule has 0 radical (unpaired) electrons. The standard InChI is InChI=1S/C15H27N3O2/c19-11-15(6-2-7-15)17-14(20)13-3-1-10-18(13)12-4-8-16-9-5-12/h12-13,16,19H,1-11H2,(H,17,20). The van der Waals surface area contributed by atoms with Gasteiger partial charge in [-0.3, -0.25) is 9.69 Å². The normalized spacial score (nSPS) is 30.9. The Morgan fingerprint density at radius 3 is 2.60 bits per heavy atom. The van der Waals surface area contributed by atoms with Crippen LogP contribution in [0.4, 0.5) is 0 Å². The minimum absolute atomic E-state index is 0.0297. The van der Waals surface area contributed by atoms with Gasteiger partial charge in [0.1, 0.15) is 0 Å². The zero-order chi connectivity index (χ0) is 14.0. The Kier molecular flexibility index (Phi) is 4.29. The summed E-state index contributed by atoms with van der Waals surface area (Å²) in [5.41, 5.74) is -0.306. The highest BCUT2D eigenvalue weighted by molar-refractivity contribution is 5.83. The van der Waals surface area contributed by atoms with Crippen LogP contribution in [0, 0.1) is 0 Å². The van der Waals surface area contributed by atoms with Crippen LogP contribution in [0.2, 0.25) is 0 Å². The van der Waals surface area contributed by atoms with E-state index in [1.165, 1.54) is 0 Å². The van der Waals surface area contributed by atoms with E-state index in [0.717, 1.165) is 64.6 Å². The number of likely N-dealkylation sites (tertiary alicyclic amines) is 1. The third-order valence-electron chi connectivity index (χ3n) is 5.38. The van der Waals surface area contributed by atoms with Gasteiger partial charge in [0.25, 0.3) is 0 Å². The quantitative estimate of drug-likeness (QED) is 0.690. The molecule has 1 amide bonds.